The van der Waals surface area contributed by atoms with Gasteiger partial charge in [-0.15, -0.1) is 21.5 Å². The summed E-state index contributed by atoms with van der Waals surface area (Å²) in [4.78, 5) is 18.1. The Morgan fingerprint density at radius 3 is 3.08 bits per heavy atom. The zero-order chi connectivity index (χ0) is 16.7. The van der Waals surface area contributed by atoms with E-state index in [0.717, 1.165) is 46.1 Å². The lowest BCUT2D eigenvalue weighted by Gasteiger charge is -2.09. The first-order chi connectivity index (χ1) is 11.6. The van der Waals surface area contributed by atoms with Gasteiger partial charge in [-0.05, 0) is 45.1 Å². The Labute approximate surface area is 143 Å². The summed E-state index contributed by atoms with van der Waals surface area (Å²) < 4.78 is 1.67. The van der Waals surface area contributed by atoms with Crippen molar-refractivity contribution in [1.29, 1.82) is 0 Å². The van der Waals surface area contributed by atoms with Crippen LogP contribution in [0.2, 0.25) is 0 Å². The maximum atomic E-state index is 12.3. The van der Waals surface area contributed by atoms with Gasteiger partial charge in [0.1, 0.15) is 6.33 Å². The van der Waals surface area contributed by atoms with Gasteiger partial charge in [0.2, 0.25) is 5.91 Å². The largest absolute Gasteiger partial charge is 0.302 e. The van der Waals surface area contributed by atoms with Gasteiger partial charge in [0, 0.05) is 16.9 Å². The second kappa shape index (κ2) is 5.94. The van der Waals surface area contributed by atoms with Crippen molar-refractivity contribution in [2.45, 2.75) is 46.0 Å². The highest BCUT2D eigenvalue weighted by Crippen LogP contribution is 2.30. The summed E-state index contributed by atoms with van der Waals surface area (Å²) in [7, 11) is 0. The normalized spacial score (nSPS) is 13.4. The van der Waals surface area contributed by atoms with Gasteiger partial charge in [-0.3, -0.25) is 4.79 Å². The molecule has 3 aromatic rings. The second-order valence-corrected chi connectivity index (χ2v) is 7.16. The van der Waals surface area contributed by atoms with Gasteiger partial charge < -0.3 is 5.32 Å². The topological polar surface area (TPSA) is 85.1 Å². The van der Waals surface area contributed by atoms with E-state index < -0.39 is 0 Å². The maximum Gasteiger partial charge on any atom is 0.226 e. The fourth-order valence-electron chi connectivity index (χ4n) is 3.21. The average Bonchev–Trinajstić information content (AvgIpc) is 3.22. The van der Waals surface area contributed by atoms with Crippen LogP contribution in [0.15, 0.2) is 6.33 Å². The molecule has 1 amide bonds. The van der Waals surface area contributed by atoms with Gasteiger partial charge >= 0.3 is 0 Å². The predicted molar refractivity (Wildman–Crippen MR) is 91.3 cm³/mol. The summed E-state index contributed by atoms with van der Waals surface area (Å²) in [6.45, 7) is 3.95. The van der Waals surface area contributed by atoms with Gasteiger partial charge in [0.15, 0.2) is 10.8 Å². The van der Waals surface area contributed by atoms with E-state index in [0.29, 0.717) is 12.8 Å². The maximum absolute atomic E-state index is 12.3. The van der Waals surface area contributed by atoms with Crippen LogP contribution < -0.4 is 5.32 Å². The number of carbonyl (C=O) groups excluding carboxylic acids is 1. The Morgan fingerprint density at radius 1 is 1.38 bits per heavy atom. The van der Waals surface area contributed by atoms with Gasteiger partial charge in [-0.25, -0.2) is 9.50 Å². The summed E-state index contributed by atoms with van der Waals surface area (Å²) >= 11 is 1.60. The van der Waals surface area contributed by atoms with E-state index in [2.05, 4.69) is 25.6 Å². The molecular formula is C16H18N6OS. The molecular weight excluding hydrogens is 324 g/mol. The van der Waals surface area contributed by atoms with Crippen LogP contribution in [-0.2, 0) is 24.1 Å². The van der Waals surface area contributed by atoms with Crippen molar-refractivity contribution in [2.24, 2.45) is 0 Å². The Balaban J connectivity index is 1.45. The molecule has 1 aliphatic carbocycles. The molecule has 0 aliphatic heterocycles. The average molecular weight is 342 g/mol. The Bertz CT molecular complexity index is 907. The van der Waals surface area contributed by atoms with Crippen molar-refractivity contribution < 1.29 is 4.79 Å². The fraction of sp³-hybridized carbons (Fsp3) is 0.438. The van der Waals surface area contributed by atoms with E-state index in [-0.39, 0.29) is 5.91 Å². The van der Waals surface area contributed by atoms with E-state index in [4.69, 9.17) is 0 Å². The molecule has 3 heterocycles. The molecule has 1 N–H and O–H groups in total. The van der Waals surface area contributed by atoms with Crippen LogP contribution in [0.4, 0.5) is 5.13 Å². The number of fused-ring (bicyclic) bond motifs is 2. The smallest absolute Gasteiger partial charge is 0.226 e. The summed E-state index contributed by atoms with van der Waals surface area (Å²) in [5, 5.41) is 16.1. The lowest BCUT2D eigenvalue weighted by molar-refractivity contribution is -0.116. The minimum absolute atomic E-state index is 0.0115. The quantitative estimate of drug-likeness (QED) is 0.786. The number of carbonyl (C=O) groups is 1. The number of amides is 1. The molecule has 0 saturated carbocycles. The molecule has 124 valence electrons. The van der Waals surface area contributed by atoms with Crippen molar-refractivity contribution in [3.8, 4) is 0 Å². The van der Waals surface area contributed by atoms with Crippen molar-refractivity contribution in [2.75, 3.05) is 5.32 Å². The number of thiazole rings is 1. The predicted octanol–water partition coefficient (Wildman–Crippen LogP) is 2.26. The molecule has 0 fully saturated rings. The number of anilines is 1. The molecule has 0 atom stereocenters. The first kappa shape index (κ1) is 15.2. The Kier molecular flexibility index (Phi) is 3.76. The highest BCUT2D eigenvalue weighted by molar-refractivity contribution is 7.15. The Morgan fingerprint density at radius 2 is 2.25 bits per heavy atom. The van der Waals surface area contributed by atoms with E-state index in [9.17, 15) is 4.79 Å². The molecule has 8 heteroatoms. The van der Waals surface area contributed by atoms with Gasteiger partial charge in [0.05, 0.1) is 11.4 Å². The third kappa shape index (κ3) is 2.66. The van der Waals surface area contributed by atoms with Crippen LogP contribution in [-0.4, -0.2) is 30.7 Å². The molecule has 0 spiro atoms. The van der Waals surface area contributed by atoms with Crippen LogP contribution in [0.3, 0.4) is 0 Å². The molecule has 24 heavy (non-hydrogen) atoms. The molecule has 0 aromatic carbocycles. The lowest BCUT2D eigenvalue weighted by Crippen LogP contribution is -2.14. The Hall–Kier alpha value is -2.35. The molecule has 3 aromatic heterocycles. The molecule has 0 bridgehead atoms. The van der Waals surface area contributed by atoms with E-state index >= 15 is 0 Å². The molecule has 1 aliphatic rings. The van der Waals surface area contributed by atoms with Crippen LogP contribution in [0.25, 0.3) is 5.65 Å². The van der Waals surface area contributed by atoms with Crippen LogP contribution in [0, 0.1) is 13.8 Å². The summed E-state index contributed by atoms with van der Waals surface area (Å²) in [6, 6.07) is 0. The molecule has 7 nitrogen and oxygen atoms in total. The van der Waals surface area contributed by atoms with Gasteiger partial charge in [0.25, 0.3) is 0 Å². The first-order valence-corrected chi connectivity index (χ1v) is 8.88. The molecule has 0 radical (unpaired) electrons. The van der Waals surface area contributed by atoms with Crippen molar-refractivity contribution in [1.82, 2.24) is 24.8 Å². The van der Waals surface area contributed by atoms with Crippen LogP contribution in [0.5, 0.6) is 0 Å². The molecule has 0 unspecified atom stereocenters. The zero-order valence-electron chi connectivity index (χ0n) is 13.7. The minimum Gasteiger partial charge on any atom is -0.302 e. The number of nitrogens with one attached hydrogen (secondary N) is 1. The summed E-state index contributed by atoms with van der Waals surface area (Å²) in [5.74, 6) is -0.0115. The highest BCUT2D eigenvalue weighted by Gasteiger charge is 2.18. The summed E-state index contributed by atoms with van der Waals surface area (Å²) in [6.07, 6.45) is 5.92. The van der Waals surface area contributed by atoms with Crippen molar-refractivity contribution in [3.05, 3.63) is 33.7 Å². The number of rotatable bonds is 4. The standard InChI is InChI=1S/C16H18N6OS/c1-9-11(10(2)21-22-8-17-20-15(9)22)6-7-14(23)19-16-18-12-4-3-5-13(12)24-16/h8H,3-7H2,1-2H3,(H,18,19,23). The monoisotopic (exact) mass is 342 g/mol. The SMILES string of the molecule is Cc1nn2cnnc2c(C)c1CCC(=O)Nc1nc2c(s1)CCC2. The van der Waals surface area contributed by atoms with Crippen molar-refractivity contribution >= 4 is 28.0 Å². The van der Waals surface area contributed by atoms with E-state index in [1.807, 2.05) is 13.8 Å². The number of aryl methyl sites for hydroxylation is 4. The van der Waals surface area contributed by atoms with Gasteiger partial charge in [-0.2, -0.15) is 5.10 Å². The second-order valence-electron chi connectivity index (χ2n) is 6.08. The molecule has 4 rings (SSSR count). The van der Waals surface area contributed by atoms with Crippen LogP contribution >= 0.6 is 11.3 Å². The highest BCUT2D eigenvalue weighted by atomic mass is 32.1. The number of hydrogen-bond donors (Lipinski definition) is 1. The number of aromatic nitrogens is 5. The van der Waals surface area contributed by atoms with E-state index in [1.165, 1.54) is 11.3 Å². The summed E-state index contributed by atoms with van der Waals surface area (Å²) in [5.41, 5.74) is 4.89. The first-order valence-electron chi connectivity index (χ1n) is 8.06. The van der Waals surface area contributed by atoms with Crippen molar-refractivity contribution in [3.63, 3.8) is 0 Å². The van der Waals surface area contributed by atoms with Gasteiger partial charge in [-0.1, -0.05) is 0 Å². The third-order valence-electron chi connectivity index (χ3n) is 4.46. The lowest BCUT2D eigenvalue weighted by atomic mass is 10.0. The van der Waals surface area contributed by atoms with Crippen LogP contribution in [0.1, 0.15) is 40.2 Å². The third-order valence-corrected chi connectivity index (χ3v) is 5.53. The number of hydrogen-bond acceptors (Lipinski definition) is 6. The van der Waals surface area contributed by atoms with E-state index in [1.54, 1.807) is 22.2 Å². The zero-order valence-corrected chi connectivity index (χ0v) is 14.5. The fourth-order valence-corrected chi connectivity index (χ4v) is 4.28. The molecule has 0 saturated heterocycles. The number of nitrogens with zero attached hydrogens (tertiary/aromatic N) is 5. The minimum atomic E-state index is -0.0115.